The molecule has 0 N–H and O–H groups in total. The average molecular weight is 351 g/mol. The fraction of sp³-hybridized carbons (Fsp3) is 0.389. The Labute approximate surface area is 151 Å². The number of likely N-dealkylation sites (tertiary alicyclic amines) is 1. The van der Waals surface area contributed by atoms with Crippen LogP contribution < -0.4 is 0 Å². The van der Waals surface area contributed by atoms with E-state index in [1.54, 1.807) is 30.7 Å². The average Bonchev–Trinajstić information content (AvgIpc) is 3.33. The fourth-order valence-corrected chi connectivity index (χ4v) is 3.43. The Kier molecular flexibility index (Phi) is 4.47. The molecule has 26 heavy (non-hydrogen) atoms. The summed E-state index contributed by atoms with van der Waals surface area (Å²) in [6.07, 6.45) is 8.76. The molecule has 4 heterocycles. The lowest BCUT2D eigenvalue weighted by molar-refractivity contribution is 0.0710. The first-order valence-electron chi connectivity index (χ1n) is 8.77. The largest absolute Gasteiger partial charge is 0.339 e. The van der Waals surface area contributed by atoms with Crippen LogP contribution in [-0.2, 0) is 13.6 Å². The zero-order valence-corrected chi connectivity index (χ0v) is 14.7. The number of hydrogen-bond donors (Lipinski definition) is 0. The lowest BCUT2D eigenvalue weighted by Gasteiger charge is -2.31. The summed E-state index contributed by atoms with van der Waals surface area (Å²) in [5, 5.41) is 13.0. The number of aromatic nitrogens is 6. The van der Waals surface area contributed by atoms with Gasteiger partial charge in [0, 0.05) is 56.4 Å². The Morgan fingerprint density at radius 3 is 2.62 bits per heavy atom. The van der Waals surface area contributed by atoms with Gasteiger partial charge in [0.2, 0.25) is 0 Å². The fourth-order valence-electron chi connectivity index (χ4n) is 3.43. The summed E-state index contributed by atoms with van der Waals surface area (Å²) >= 11 is 0. The molecule has 1 aliphatic rings. The maximum Gasteiger partial charge on any atom is 0.253 e. The SMILES string of the molecule is Cn1c(Cn2cccn2)nnc1C1CCN(C(=O)c2ccncc2)CC1. The van der Waals surface area contributed by atoms with Gasteiger partial charge in [-0.2, -0.15) is 5.10 Å². The van der Waals surface area contributed by atoms with E-state index >= 15 is 0 Å². The second kappa shape index (κ2) is 7.07. The van der Waals surface area contributed by atoms with Crippen molar-refractivity contribution in [2.24, 2.45) is 7.05 Å². The smallest absolute Gasteiger partial charge is 0.253 e. The van der Waals surface area contributed by atoms with Crippen LogP contribution in [0.4, 0.5) is 0 Å². The predicted molar refractivity (Wildman–Crippen MR) is 94.4 cm³/mol. The van der Waals surface area contributed by atoms with Crippen molar-refractivity contribution in [3.05, 3.63) is 60.2 Å². The van der Waals surface area contributed by atoms with Gasteiger partial charge in [0.05, 0.1) is 0 Å². The molecular formula is C18H21N7O. The van der Waals surface area contributed by atoms with E-state index < -0.39 is 0 Å². The molecule has 0 aliphatic carbocycles. The first-order chi connectivity index (χ1) is 12.7. The number of nitrogens with zero attached hydrogens (tertiary/aromatic N) is 7. The van der Waals surface area contributed by atoms with E-state index in [1.165, 1.54) is 0 Å². The molecule has 3 aromatic rings. The molecule has 3 aromatic heterocycles. The maximum atomic E-state index is 12.5. The number of rotatable bonds is 4. The van der Waals surface area contributed by atoms with Crippen LogP contribution in [0.2, 0.25) is 0 Å². The third-order valence-corrected chi connectivity index (χ3v) is 4.94. The summed E-state index contributed by atoms with van der Waals surface area (Å²) in [6, 6.07) is 5.42. The molecule has 0 unspecified atom stereocenters. The van der Waals surface area contributed by atoms with Crippen molar-refractivity contribution in [1.29, 1.82) is 0 Å². The number of amides is 1. The Bertz CT molecular complexity index is 864. The zero-order valence-electron chi connectivity index (χ0n) is 14.7. The Hall–Kier alpha value is -3.03. The maximum absolute atomic E-state index is 12.5. The third kappa shape index (κ3) is 3.22. The summed E-state index contributed by atoms with van der Waals surface area (Å²) in [6.45, 7) is 2.07. The monoisotopic (exact) mass is 351 g/mol. The highest BCUT2D eigenvalue weighted by atomic mass is 16.2. The van der Waals surface area contributed by atoms with Gasteiger partial charge in [-0.05, 0) is 31.0 Å². The molecule has 8 nitrogen and oxygen atoms in total. The van der Waals surface area contributed by atoms with Gasteiger partial charge in [0.1, 0.15) is 12.4 Å². The van der Waals surface area contributed by atoms with Gasteiger partial charge < -0.3 is 9.47 Å². The molecule has 0 aromatic carbocycles. The molecule has 4 rings (SSSR count). The quantitative estimate of drug-likeness (QED) is 0.711. The molecule has 1 saturated heterocycles. The third-order valence-electron chi connectivity index (χ3n) is 4.94. The Balaban J connectivity index is 1.40. The summed E-state index contributed by atoms with van der Waals surface area (Å²) in [7, 11) is 2.00. The van der Waals surface area contributed by atoms with Gasteiger partial charge in [0.15, 0.2) is 5.82 Å². The topological polar surface area (TPSA) is 81.7 Å². The van der Waals surface area contributed by atoms with E-state index in [0.29, 0.717) is 18.0 Å². The normalized spacial score (nSPS) is 15.3. The van der Waals surface area contributed by atoms with Gasteiger partial charge in [-0.3, -0.25) is 14.5 Å². The minimum atomic E-state index is 0.0724. The summed E-state index contributed by atoms with van der Waals surface area (Å²) in [5.41, 5.74) is 0.693. The molecule has 0 atom stereocenters. The van der Waals surface area contributed by atoms with Crippen molar-refractivity contribution in [2.45, 2.75) is 25.3 Å². The van der Waals surface area contributed by atoms with Crippen LogP contribution >= 0.6 is 0 Å². The number of carbonyl (C=O) groups is 1. The van der Waals surface area contributed by atoms with Crippen molar-refractivity contribution in [3.63, 3.8) is 0 Å². The van der Waals surface area contributed by atoms with E-state index in [9.17, 15) is 4.79 Å². The van der Waals surface area contributed by atoms with Gasteiger partial charge in [-0.25, -0.2) is 0 Å². The van der Waals surface area contributed by atoms with Crippen molar-refractivity contribution >= 4 is 5.91 Å². The van der Waals surface area contributed by atoms with Crippen molar-refractivity contribution < 1.29 is 4.79 Å². The van der Waals surface area contributed by atoms with Crippen LogP contribution in [0.1, 0.15) is 40.8 Å². The van der Waals surface area contributed by atoms with Crippen LogP contribution in [-0.4, -0.2) is 53.4 Å². The lowest BCUT2D eigenvalue weighted by atomic mass is 9.95. The molecular weight excluding hydrogens is 330 g/mol. The Morgan fingerprint density at radius 2 is 1.92 bits per heavy atom. The second-order valence-electron chi connectivity index (χ2n) is 6.54. The minimum absolute atomic E-state index is 0.0724. The van der Waals surface area contributed by atoms with Crippen LogP contribution in [0.25, 0.3) is 0 Å². The van der Waals surface area contributed by atoms with E-state index in [2.05, 4.69) is 24.8 Å². The van der Waals surface area contributed by atoms with Crippen molar-refractivity contribution in [3.8, 4) is 0 Å². The highest BCUT2D eigenvalue weighted by molar-refractivity contribution is 5.94. The minimum Gasteiger partial charge on any atom is -0.339 e. The number of carbonyl (C=O) groups excluding carboxylic acids is 1. The molecule has 0 radical (unpaired) electrons. The molecule has 134 valence electrons. The first-order valence-corrected chi connectivity index (χ1v) is 8.77. The predicted octanol–water partition coefficient (Wildman–Crippen LogP) is 1.47. The van der Waals surface area contributed by atoms with Crippen molar-refractivity contribution in [2.75, 3.05) is 13.1 Å². The van der Waals surface area contributed by atoms with Crippen LogP contribution in [0.15, 0.2) is 43.0 Å². The van der Waals surface area contributed by atoms with Crippen molar-refractivity contribution in [1.82, 2.24) is 34.4 Å². The first kappa shape index (κ1) is 16.4. The summed E-state index contributed by atoms with van der Waals surface area (Å²) < 4.78 is 3.90. The highest BCUT2D eigenvalue weighted by Gasteiger charge is 2.27. The van der Waals surface area contributed by atoms with Crippen LogP contribution in [0, 0.1) is 0 Å². The molecule has 1 amide bonds. The number of pyridine rings is 1. The van der Waals surface area contributed by atoms with E-state index in [0.717, 1.165) is 37.6 Å². The second-order valence-corrected chi connectivity index (χ2v) is 6.54. The zero-order chi connectivity index (χ0) is 17.9. The molecule has 0 saturated carbocycles. The van der Waals surface area contributed by atoms with Crippen LogP contribution in [0.3, 0.4) is 0 Å². The molecule has 1 aliphatic heterocycles. The van der Waals surface area contributed by atoms with E-state index in [1.807, 2.05) is 28.9 Å². The summed E-state index contributed by atoms with van der Waals surface area (Å²) in [5.74, 6) is 2.27. The van der Waals surface area contributed by atoms with Gasteiger partial charge in [-0.15, -0.1) is 10.2 Å². The number of piperidine rings is 1. The highest BCUT2D eigenvalue weighted by Crippen LogP contribution is 2.27. The van der Waals surface area contributed by atoms with Crippen LogP contribution in [0.5, 0.6) is 0 Å². The Morgan fingerprint density at radius 1 is 1.15 bits per heavy atom. The van der Waals surface area contributed by atoms with Gasteiger partial charge >= 0.3 is 0 Å². The molecule has 1 fully saturated rings. The van der Waals surface area contributed by atoms with E-state index in [-0.39, 0.29) is 5.91 Å². The number of hydrogen-bond acceptors (Lipinski definition) is 5. The molecule has 0 bridgehead atoms. The molecule has 8 heteroatoms. The van der Waals surface area contributed by atoms with Gasteiger partial charge in [0.25, 0.3) is 5.91 Å². The van der Waals surface area contributed by atoms with E-state index in [4.69, 9.17) is 0 Å². The summed E-state index contributed by atoms with van der Waals surface area (Å²) in [4.78, 5) is 18.4. The lowest BCUT2D eigenvalue weighted by Crippen LogP contribution is -2.38. The standard InChI is InChI=1S/C18H21N7O/c1-23-16(13-25-10-2-7-20-25)21-22-17(23)14-5-11-24(12-6-14)18(26)15-3-8-19-9-4-15/h2-4,7-10,14H,5-6,11-13H2,1H3. The van der Waals surface area contributed by atoms with Gasteiger partial charge in [-0.1, -0.05) is 0 Å². The molecule has 0 spiro atoms.